The molecule has 78 valence electrons. The summed E-state index contributed by atoms with van der Waals surface area (Å²) in [6, 6.07) is 2.38. The third-order valence-electron chi connectivity index (χ3n) is 3.23. The highest BCUT2D eigenvalue weighted by molar-refractivity contribution is 5.17. The minimum Gasteiger partial charge on any atom is -0.467 e. The van der Waals surface area contributed by atoms with Gasteiger partial charge in [0.15, 0.2) is 0 Å². The molecule has 0 saturated heterocycles. The van der Waals surface area contributed by atoms with Gasteiger partial charge in [-0.05, 0) is 50.8 Å². The molecule has 1 saturated carbocycles. The molecule has 1 aliphatic rings. The fourth-order valence-electron chi connectivity index (χ4n) is 1.96. The lowest BCUT2D eigenvalue weighted by Gasteiger charge is -2.27. The Kier molecular flexibility index (Phi) is 2.92. The maximum absolute atomic E-state index is 5.45. The molecule has 1 atom stereocenters. The molecule has 2 heteroatoms. The summed E-state index contributed by atoms with van der Waals surface area (Å²) in [6.45, 7) is 5.41. The van der Waals surface area contributed by atoms with Gasteiger partial charge in [0.25, 0.3) is 0 Å². The molecule has 1 heterocycles. The van der Waals surface area contributed by atoms with E-state index < -0.39 is 0 Å². The highest BCUT2D eigenvalue weighted by atomic mass is 16.3. The van der Waals surface area contributed by atoms with Gasteiger partial charge in [-0.2, -0.15) is 0 Å². The fourth-order valence-corrected chi connectivity index (χ4v) is 1.96. The summed E-state index contributed by atoms with van der Waals surface area (Å²) >= 11 is 0. The van der Waals surface area contributed by atoms with Crippen molar-refractivity contribution < 1.29 is 4.42 Å². The summed E-state index contributed by atoms with van der Waals surface area (Å²) in [4.78, 5) is 0. The Morgan fingerprint density at radius 2 is 2.36 bits per heavy atom. The monoisotopic (exact) mass is 193 g/mol. The minimum absolute atomic E-state index is 0.352. The Labute approximate surface area is 85.7 Å². The lowest BCUT2D eigenvalue weighted by atomic mass is 9.85. The number of hydrogen-bond donors (Lipinski definition) is 1. The molecule has 1 aromatic rings. The van der Waals surface area contributed by atoms with Crippen LogP contribution in [-0.4, -0.2) is 6.54 Å². The molecule has 2 nitrogen and oxygen atoms in total. The average Bonchev–Trinajstić information content (AvgIpc) is 2.48. The van der Waals surface area contributed by atoms with Gasteiger partial charge < -0.3 is 9.73 Å². The maximum Gasteiger partial charge on any atom is 0.123 e. The lowest BCUT2D eigenvalue weighted by molar-refractivity contribution is 0.284. The molecule has 0 aliphatic heterocycles. The van der Waals surface area contributed by atoms with Crippen molar-refractivity contribution in [1.82, 2.24) is 5.32 Å². The van der Waals surface area contributed by atoms with Crippen LogP contribution >= 0.6 is 0 Å². The second-order valence-corrected chi connectivity index (χ2v) is 4.39. The number of hydrogen-bond acceptors (Lipinski definition) is 2. The molecule has 14 heavy (non-hydrogen) atoms. The third-order valence-corrected chi connectivity index (χ3v) is 3.23. The summed E-state index contributed by atoms with van der Waals surface area (Å²) in [7, 11) is 0. The van der Waals surface area contributed by atoms with E-state index in [-0.39, 0.29) is 0 Å². The van der Waals surface area contributed by atoms with Crippen LogP contribution in [0, 0.1) is 12.8 Å². The molecule has 1 fully saturated rings. The third kappa shape index (κ3) is 2.01. The molecule has 1 N–H and O–H groups in total. The first-order valence-electron chi connectivity index (χ1n) is 5.54. The summed E-state index contributed by atoms with van der Waals surface area (Å²) in [5, 5.41) is 3.53. The largest absolute Gasteiger partial charge is 0.467 e. The Morgan fingerprint density at radius 1 is 1.57 bits per heavy atom. The Morgan fingerprint density at radius 3 is 2.86 bits per heavy atom. The van der Waals surface area contributed by atoms with E-state index in [1.54, 1.807) is 6.26 Å². The highest BCUT2D eigenvalue weighted by Crippen LogP contribution is 2.26. The Bertz CT molecular complexity index is 288. The lowest BCUT2D eigenvalue weighted by Crippen LogP contribution is -2.29. The predicted octanol–water partition coefficient (Wildman–Crippen LogP) is 3.04. The Balaban J connectivity index is 1.82. The van der Waals surface area contributed by atoms with Crippen LogP contribution in [-0.2, 0) is 0 Å². The van der Waals surface area contributed by atoms with Crippen molar-refractivity contribution in [3.8, 4) is 0 Å². The van der Waals surface area contributed by atoms with E-state index in [4.69, 9.17) is 4.42 Å². The number of aryl methyl sites for hydroxylation is 1. The molecule has 0 spiro atoms. The highest BCUT2D eigenvalue weighted by Gasteiger charge is 2.19. The van der Waals surface area contributed by atoms with Crippen LogP contribution in [0.1, 0.15) is 43.6 Å². The van der Waals surface area contributed by atoms with Crippen LogP contribution < -0.4 is 5.32 Å². The van der Waals surface area contributed by atoms with Gasteiger partial charge in [-0.25, -0.2) is 0 Å². The van der Waals surface area contributed by atoms with Crippen LogP contribution in [0.4, 0.5) is 0 Å². The van der Waals surface area contributed by atoms with Crippen molar-refractivity contribution in [1.29, 1.82) is 0 Å². The van der Waals surface area contributed by atoms with Gasteiger partial charge in [0.05, 0.1) is 12.3 Å². The molecule has 1 unspecified atom stereocenters. The topological polar surface area (TPSA) is 25.2 Å². The van der Waals surface area contributed by atoms with Crippen molar-refractivity contribution in [3.05, 3.63) is 23.7 Å². The van der Waals surface area contributed by atoms with Gasteiger partial charge in [0.2, 0.25) is 0 Å². The van der Waals surface area contributed by atoms with Gasteiger partial charge in [0.1, 0.15) is 5.76 Å². The van der Waals surface area contributed by atoms with Crippen molar-refractivity contribution in [2.24, 2.45) is 5.92 Å². The molecule has 2 rings (SSSR count). The van der Waals surface area contributed by atoms with Crippen LogP contribution in [0.3, 0.4) is 0 Å². The van der Waals surface area contributed by atoms with Crippen LogP contribution in [0.25, 0.3) is 0 Å². The van der Waals surface area contributed by atoms with E-state index in [1.165, 1.54) is 24.8 Å². The van der Waals surface area contributed by atoms with E-state index in [0.717, 1.165) is 18.2 Å². The standard InChI is InChI=1S/C12H19NO/c1-9-6-7-14-12(9)10(2)13-8-11-4-3-5-11/h6-7,10-11,13H,3-5,8H2,1-2H3. The van der Waals surface area contributed by atoms with Crippen LogP contribution in [0.2, 0.25) is 0 Å². The van der Waals surface area contributed by atoms with E-state index in [0.29, 0.717) is 6.04 Å². The van der Waals surface area contributed by atoms with Gasteiger partial charge in [-0.15, -0.1) is 0 Å². The normalized spacial score (nSPS) is 19.3. The second-order valence-electron chi connectivity index (χ2n) is 4.39. The van der Waals surface area contributed by atoms with E-state index >= 15 is 0 Å². The van der Waals surface area contributed by atoms with Crippen LogP contribution in [0.15, 0.2) is 16.7 Å². The molecule has 0 amide bonds. The van der Waals surface area contributed by atoms with Gasteiger partial charge in [-0.1, -0.05) is 6.42 Å². The smallest absolute Gasteiger partial charge is 0.123 e. The summed E-state index contributed by atoms with van der Waals surface area (Å²) in [5.74, 6) is 2.00. The van der Waals surface area contributed by atoms with Crippen molar-refractivity contribution in [2.45, 2.75) is 39.2 Å². The molecule has 1 aromatic heterocycles. The number of rotatable bonds is 4. The first-order chi connectivity index (χ1) is 6.77. The molecular formula is C12H19NO. The van der Waals surface area contributed by atoms with E-state index in [2.05, 4.69) is 19.2 Å². The molecule has 0 aromatic carbocycles. The molecule has 1 aliphatic carbocycles. The van der Waals surface area contributed by atoms with Gasteiger partial charge in [-0.3, -0.25) is 0 Å². The van der Waals surface area contributed by atoms with Crippen molar-refractivity contribution in [2.75, 3.05) is 6.54 Å². The predicted molar refractivity (Wildman–Crippen MR) is 57.2 cm³/mol. The van der Waals surface area contributed by atoms with Crippen molar-refractivity contribution in [3.63, 3.8) is 0 Å². The average molecular weight is 193 g/mol. The Hall–Kier alpha value is -0.760. The second kappa shape index (κ2) is 4.18. The summed E-state index contributed by atoms with van der Waals surface area (Å²) in [5.41, 5.74) is 1.25. The zero-order valence-corrected chi connectivity index (χ0v) is 9.05. The first kappa shape index (κ1) is 9.78. The molecule has 0 radical (unpaired) electrons. The van der Waals surface area contributed by atoms with E-state index in [1.807, 2.05) is 6.07 Å². The van der Waals surface area contributed by atoms with Crippen LogP contribution in [0.5, 0.6) is 0 Å². The zero-order chi connectivity index (χ0) is 9.97. The quantitative estimate of drug-likeness (QED) is 0.795. The first-order valence-corrected chi connectivity index (χ1v) is 5.54. The SMILES string of the molecule is Cc1ccoc1C(C)NCC1CCC1. The number of nitrogens with one attached hydrogen (secondary N) is 1. The van der Waals surface area contributed by atoms with Gasteiger partial charge >= 0.3 is 0 Å². The summed E-state index contributed by atoms with van der Waals surface area (Å²) in [6.07, 6.45) is 5.99. The van der Waals surface area contributed by atoms with Gasteiger partial charge in [0, 0.05) is 0 Å². The van der Waals surface area contributed by atoms with Crippen molar-refractivity contribution >= 4 is 0 Å². The maximum atomic E-state index is 5.45. The molecule has 0 bridgehead atoms. The molecular weight excluding hydrogens is 174 g/mol. The minimum atomic E-state index is 0.352. The fraction of sp³-hybridized carbons (Fsp3) is 0.667. The zero-order valence-electron chi connectivity index (χ0n) is 9.05. The summed E-state index contributed by atoms with van der Waals surface area (Å²) < 4.78 is 5.45. The number of furan rings is 1. The van der Waals surface area contributed by atoms with E-state index in [9.17, 15) is 0 Å².